The summed E-state index contributed by atoms with van der Waals surface area (Å²) in [6.45, 7) is 1.90. The highest BCUT2D eigenvalue weighted by Crippen LogP contribution is 2.26. The Morgan fingerprint density at radius 2 is 1.20 bits per heavy atom. The van der Waals surface area contributed by atoms with Crippen LogP contribution in [0.4, 0.5) is 5.69 Å². The first kappa shape index (κ1) is 21.0. The van der Waals surface area contributed by atoms with Crippen LogP contribution in [-0.4, -0.2) is 17.5 Å². The van der Waals surface area contributed by atoms with E-state index in [1.165, 1.54) is 0 Å². The number of para-hydroxylation sites is 1. The van der Waals surface area contributed by atoms with Crippen molar-refractivity contribution in [2.45, 2.75) is 25.7 Å². The van der Waals surface area contributed by atoms with Crippen LogP contribution in [0.1, 0.15) is 36.8 Å². The Kier molecular flexibility index (Phi) is 7.50. The number of rotatable bonds is 8. The van der Waals surface area contributed by atoms with Gasteiger partial charge in [0.25, 0.3) is 0 Å². The molecule has 0 saturated heterocycles. The molecule has 0 aliphatic heterocycles. The second-order valence-corrected chi connectivity index (χ2v) is 6.96. The van der Waals surface area contributed by atoms with Crippen LogP contribution in [0.3, 0.4) is 0 Å². The largest absolute Gasteiger partial charge is 0.326 e. The predicted octanol–water partition coefficient (Wildman–Crippen LogP) is 4.73. The van der Waals surface area contributed by atoms with E-state index in [0.29, 0.717) is 5.69 Å². The SMILES string of the molecule is C/C(=N\NC(=O)CCC(=O)Nc1ccccc1)C(c1ccccc1)c1ccccc1. The molecule has 0 unspecified atom stereocenters. The Morgan fingerprint density at radius 3 is 1.73 bits per heavy atom. The van der Waals surface area contributed by atoms with Gasteiger partial charge >= 0.3 is 0 Å². The first-order chi connectivity index (χ1) is 14.6. The summed E-state index contributed by atoms with van der Waals surface area (Å²) >= 11 is 0. The number of anilines is 1. The van der Waals surface area contributed by atoms with E-state index in [-0.39, 0.29) is 30.6 Å². The van der Waals surface area contributed by atoms with Gasteiger partial charge in [-0.2, -0.15) is 5.10 Å². The number of nitrogens with zero attached hydrogens (tertiary/aromatic N) is 1. The zero-order chi connectivity index (χ0) is 21.2. The van der Waals surface area contributed by atoms with Crippen LogP contribution < -0.4 is 10.7 Å². The molecule has 152 valence electrons. The summed E-state index contributed by atoms with van der Waals surface area (Å²) in [5.41, 5.74) is 6.27. The summed E-state index contributed by atoms with van der Waals surface area (Å²) in [5.74, 6) is -0.560. The quantitative estimate of drug-likeness (QED) is 0.425. The lowest BCUT2D eigenvalue weighted by Gasteiger charge is -2.18. The van der Waals surface area contributed by atoms with Gasteiger partial charge < -0.3 is 5.32 Å². The number of hydrogen-bond acceptors (Lipinski definition) is 3. The molecule has 5 heteroatoms. The molecule has 2 amide bonds. The van der Waals surface area contributed by atoms with Crippen molar-refractivity contribution in [2.24, 2.45) is 5.10 Å². The monoisotopic (exact) mass is 399 g/mol. The van der Waals surface area contributed by atoms with Gasteiger partial charge in [-0.1, -0.05) is 78.9 Å². The fraction of sp³-hybridized carbons (Fsp3) is 0.160. The van der Waals surface area contributed by atoms with Crippen molar-refractivity contribution in [3.05, 3.63) is 102 Å². The second-order valence-electron chi connectivity index (χ2n) is 6.96. The molecule has 3 aromatic rings. The van der Waals surface area contributed by atoms with E-state index in [1.807, 2.05) is 85.8 Å². The summed E-state index contributed by atoms with van der Waals surface area (Å²) in [4.78, 5) is 24.2. The fourth-order valence-corrected chi connectivity index (χ4v) is 3.21. The maximum absolute atomic E-state index is 12.2. The number of nitrogens with one attached hydrogen (secondary N) is 2. The van der Waals surface area contributed by atoms with Crippen molar-refractivity contribution in [2.75, 3.05) is 5.32 Å². The highest BCUT2D eigenvalue weighted by Gasteiger charge is 2.17. The maximum Gasteiger partial charge on any atom is 0.240 e. The van der Waals surface area contributed by atoms with E-state index in [4.69, 9.17) is 0 Å². The lowest BCUT2D eigenvalue weighted by molar-refractivity contribution is -0.124. The standard InChI is InChI=1S/C25H25N3O2/c1-19(25(20-11-5-2-6-12-20)21-13-7-3-8-14-21)27-28-24(30)18-17-23(29)26-22-15-9-4-10-16-22/h2-16,25H,17-18H2,1H3,(H,26,29)(H,28,30)/b27-19+. The second kappa shape index (κ2) is 10.7. The molecule has 5 nitrogen and oxygen atoms in total. The highest BCUT2D eigenvalue weighted by atomic mass is 16.2. The Hall–Kier alpha value is -3.73. The number of benzene rings is 3. The van der Waals surface area contributed by atoms with Crippen LogP contribution in [0.5, 0.6) is 0 Å². The van der Waals surface area contributed by atoms with E-state index in [0.717, 1.165) is 16.8 Å². The van der Waals surface area contributed by atoms with E-state index in [2.05, 4.69) is 15.8 Å². The Morgan fingerprint density at radius 1 is 0.733 bits per heavy atom. The molecule has 3 aromatic carbocycles. The molecule has 2 N–H and O–H groups in total. The fourth-order valence-electron chi connectivity index (χ4n) is 3.21. The predicted molar refractivity (Wildman–Crippen MR) is 120 cm³/mol. The smallest absolute Gasteiger partial charge is 0.240 e. The van der Waals surface area contributed by atoms with E-state index >= 15 is 0 Å². The molecule has 0 bridgehead atoms. The summed E-state index contributed by atoms with van der Waals surface area (Å²) < 4.78 is 0. The molecule has 0 fully saturated rings. The molecule has 3 rings (SSSR count). The molecular weight excluding hydrogens is 374 g/mol. The molecule has 0 radical (unpaired) electrons. The minimum Gasteiger partial charge on any atom is -0.326 e. The van der Waals surface area contributed by atoms with Crippen molar-refractivity contribution in [3.8, 4) is 0 Å². The number of carbonyl (C=O) groups is 2. The zero-order valence-electron chi connectivity index (χ0n) is 16.9. The third-order valence-corrected chi connectivity index (χ3v) is 4.68. The molecule has 0 atom stereocenters. The third kappa shape index (κ3) is 6.14. The summed E-state index contributed by atoms with van der Waals surface area (Å²) in [7, 11) is 0. The Bertz CT molecular complexity index is 947. The number of carbonyl (C=O) groups excluding carboxylic acids is 2. The van der Waals surface area contributed by atoms with E-state index < -0.39 is 0 Å². The normalized spacial score (nSPS) is 11.2. The Balaban J connectivity index is 1.60. The van der Waals surface area contributed by atoms with Crippen LogP contribution in [-0.2, 0) is 9.59 Å². The molecule has 0 aliphatic rings. The topological polar surface area (TPSA) is 70.6 Å². The number of hydrogen-bond donors (Lipinski definition) is 2. The lowest BCUT2D eigenvalue weighted by atomic mass is 9.88. The molecule has 0 saturated carbocycles. The molecule has 0 heterocycles. The van der Waals surface area contributed by atoms with Gasteiger partial charge in [0, 0.05) is 30.2 Å². The average Bonchev–Trinajstić information content (AvgIpc) is 2.78. The molecular formula is C25H25N3O2. The van der Waals surface area contributed by atoms with Crippen LogP contribution in [0.15, 0.2) is 96.1 Å². The highest BCUT2D eigenvalue weighted by molar-refractivity contribution is 5.94. The maximum atomic E-state index is 12.2. The first-order valence-electron chi connectivity index (χ1n) is 9.91. The average molecular weight is 399 g/mol. The van der Waals surface area contributed by atoms with Gasteiger partial charge in [0.05, 0.1) is 0 Å². The van der Waals surface area contributed by atoms with Gasteiger partial charge in [-0.15, -0.1) is 0 Å². The van der Waals surface area contributed by atoms with Crippen LogP contribution in [0, 0.1) is 0 Å². The minimum absolute atomic E-state index is 0.0610. The van der Waals surface area contributed by atoms with Crippen molar-refractivity contribution >= 4 is 23.2 Å². The van der Waals surface area contributed by atoms with Crippen molar-refractivity contribution in [3.63, 3.8) is 0 Å². The summed E-state index contributed by atoms with van der Waals surface area (Å²) in [6.07, 6.45) is 0.160. The summed E-state index contributed by atoms with van der Waals surface area (Å²) in [5, 5.41) is 7.09. The van der Waals surface area contributed by atoms with Gasteiger partial charge in [-0.3, -0.25) is 9.59 Å². The zero-order valence-corrected chi connectivity index (χ0v) is 16.9. The molecule has 0 aromatic heterocycles. The Labute approximate surface area is 176 Å². The summed E-state index contributed by atoms with van der Waals surface area (Å²) in [6, 6.07) is 29.3. The number of amides is 2. The van der Waals surface area contributed by atoms with Crippen LogP contribution >= 0.6 is 0 Å². The van der Waals surface area contributed by atoms with Gasteiger partial charge in [-0.25, -0.2) is 5.43 Å². The molecule has 0 spiro atoms. The van der Waals surface area contributed by atoms with E-state index in [9.17, 15) is 9.59 Å². The third-order valence-electron chi connectivity index (χ3n) is 4.68. The van der Waals surface area contributed by atoms with E-state index in [1.54, 1.807) is 12.1 Å². The van der Waals surface area contributed by atoms with Crippen molar-refractivity contribution in [1.82, 2.24) is 5.43 Å². The van der Waals surface area contributed by atoms with Gasteiger partial charge in [0.2, 0.25) is 11.8 Å². The lowest BCUT2D eigenvalue weighted by Crippen LogP contribution is -2.23. The molecule has 30 heavy (non-hydrogen) atoms. The van der Waals surface area contributed by atoms with Crippen molar-refractivity contribution in [1.29, 1.82) is 0 Å². The van der Waals surface area contributed by atoms with Crippen LogP contribution in [0.25, 0.3) is 0 Å². The van der Waals surface area contributed by atoms with Gasteiger partial charge in [-0.05, 0) is 30.2 Å². The molecule has 0 aliphatic carbocycles. The van der Waals surface area contributed by atoms with Crippen LogP contribution in [0.2, 0.25) is 0 Å². The minimum atomic E-state index is -0.294. The first-order valence-corrected chi connectivity index (χ1v) is 9.91. The van der Waals surface area contributed by atoms with Gasteiger partial charge in [0.15, 0.2) is 0 Å². The van der Waals surface area contributed by atoms with Crippen molar-refractivity contribution < 1.29 is 9.59 Å². The number of hydrazone groups is 1. The van der Waals surface area contributed by atoms with Gasteiger partial charge in [0.1, 0.15) is 0 Å².